The van der Waals surface area contributed by atoms with Crippen LogP contribution in [0.1, 0.15) is 44.1 Å². The molecular formula is C17H27NO. The minimum absolute atomic E-state index is 0.682. The van der Waals surface area contributed by atoms with Gasteiger partial charge in [0.15, 0.2) is 0 Å². The molecule has 0 aliphatic heterocycles. The molecule has 1 aliphatic carbocycles. The van der Waals surface area contributed by atoms with Crippen molar-refractivity contribution >= 4 is 0 Å². The summed E-state index contributed by atoms with van der Waals surface area (Å²) in [5.41, 5.74) is 1.46. The summed E-state index contributed by atoms with van der Waals surface area (Å²) in [6, 6.07) is 8.66. The lowest BCUT2D eigenvalue weighted by Gasteiger charge is -2.36. The highest BCUT2D eigenvalue weighted by Crippen LogP contribution is 2.42. The highest BCUT2D eigenvalue weighted by molar-refractivity contribution is 5.31. The monoisotopic (exact) mass is 261 g/mol. The second kappa shape index (κ2) is 6.95. The molecule has 0 amide bonds. The van der Waals surface area contributed by atoms with Crippen molar-refractivity contribution in [1.29, 1.82) is 0 Å². The smallest absolute Gasteiger partial charge is 0.119 e. The Morgan fingerprint density at radius 3 is 2.84 bits per heavy atom. The SMILES string of the molecule is CCC1CCC(CNC)C(c2cccc(OC)c2)C1. The molecule has 2 rings (SSSR count). The van der Waals surface area contributed by atoms with Crippen molar-refractivity contribution in [2.24, 2.45) is 11.8 Å². The molecule has 0 aromatic heterocycles. The van der Waals surface area contributed by atoms with Gasteiger partial charge in [-0.2, -0.15) is 0 Å². The molecule has 2 heteroatoms. The highest BCUT2D eigenvalue weighted by atomic mass is 16.5. The van der Waals surface area contributed by atoms with Gasteiger partial charge in [0, 0.05) is 0 Å². The Morgan fingerprint density at radius 2 is 2.16 bits per heavy atom. The zero-order valence-corrected chi connectivity index (χ0v) is 12.5. The molecule has 106 valence electrons. The van der Waals surface area contributed by atoms with Crippen molar-refractivity contribution in [1.82, 2.24) is 5.32 Å². The van der Waals surface area contributed by atoms with Gasteiger partial charge in [0.1, 0.15) is 5.75 Å². The van der Waals surface area contributed by atoms with E-state index < -0.39 is 0 Å². The zero-order valence-electron chi connectivity index (χ0n) is 12.5. The van der Waals surface area contributed by atoms with E-state index in [0.717, 1.165) is 24.1 Å². The Hall–Kier alpha value is -1.02. The van der Waals surface area contributed by atoms with Crippen LogP contribution in [-0.4, -0.2) is 20.7 Å². The average Bonchev–Trinajstić information content (AvgIpc) is 2.48. The van der Waals surface area contributed by atoms with Gasteiger partial charge >= 0.3 is 0 Å². The van der Waals surface area contributed by atoms with E-state index in [9.17, 15) is 0 Å². The van der Waals surface area contributed by atoms with Crippen LogP contribution in [-0.2, 0) is 0 Å². The van der Waals surface area contributed by atoms with Gasteiger partial charge in [-0.1, -0.05) is 31.9 Å². The summed E-state index contributed by atoms with van der Waals surface area (Å²) in [6.45, 7) is 3.45. The summed E-state index contributed by atoms with van der Waals surface area (Å²) >= 11 is 0. The summed E-state index contributed by atoms with van der Waals surface area (Å²) in [5.74, 6) is 3.32. The van der Waals surface area contributed by atoms with Gasteiger partial charge < -0.3 is 10.1 Å². The van der Waals surface area contributed by atoms with Crippen molar-refractivity contribution in [2.75, 3.05) is 20.7 Å². The quantitative estimate of drug-likeness (QED) is 0.870. The highest BCUT2D eigenvalue weighted by Gasteiger charge is 2.30. The van der Waals surface area contributed by atoms with Crippen molar-refractivity contribution in [2.45, 2.75) is 38.5 Å². The van der Waals surface area contributed by atoms with Gasteiger partial charge in [-0.15, -0.1) is 0 Å². The number of rotatable bonds is 5. The first-order chi connectivity index (χ1) is 9.28. The average molecular weight is 261 g/mol. The summed E-state index contributed by atoms with van der Waals surface area (Å²) < 4.78 is 5.38. The number of ether oxygens (including phenoxy) is 1. The van der Waals surface area contributed by atoms with E-state index >= 15 is 0 Å². The van der Waals surface area contributed by atoms with E-state index in [1.807, 2.05) is 6.07 Å². The normalized spacial score (nSPS) is 27.2. The molecule has 1 aromatic carbocycles. The van der Waals surface area contributed by atoms with E-state index in [0.29, 0.717) is 5.92 Å². The molecule has 3 unspecified atom stereocenters. The molecule has 1 fully saturated rings. The van der Waals surface area contributed by atoms with Crippen LogP contribution in [0.15, 0.2) is 24.3 Å². The Bertz CT molecular complexity index is 391. The Balaban J connectivity index is 2.19. The van der Waals surface area contributed by atoms with Crippen molar-refractivity contribution < 1.29 is 4.74 Å². The summed E-state index contributed by atoms with van der Waals surface area (Å²) in [4.78, 5) is 0. The van der Waals surface area contributed by atoms with Crippen molar-refractivity contribution in [3.63, 3.8) is 0 Å². The van der Waals surface area contributed by atoms with E-state index in [4.69, 9.17) is 4.74 Å². The van der Waals surface area contributed by atoms with Gasteiger partial charge in [0.05, 0.1) is 7.11 Å². The lowest BCUT2D eigenvalue weighted by atomic mass is 9.70. The van der Waals surface area contributed by atoms with Gasteiger partial charge in [0.2, 0.25) is 0 Å². The second-order valence-corrected chi connectivity index (χ2v) is 5.79. The number of methoxy groups -OCH3 is 1. The van der Waals surface area contributed by atoms with Crippen LogP contribution in [0.4, 0.5) is 0 Å². The minimum Gasteiger partial charge on any atom is -0.497 e. The van der Waals surface area contributed by atoms with Gasteiger partial charge in [0.25, 0.3) is 0 Å². The molecule has 2 nitrogen and oxygen atoms in total. The lowest BCUT2D eigenvalue weighted by molar-refractivity contribution is 0.228. The van der Waals surface area contributed by atoms with Crippen LogP contribution in [0.3, 0.4) is 0 Å². The summed E-state index contributed by atoms with van der Waals surface area (Å²) in [6.07, 6.45) is 5.38. The third-order valence-electron chi connectivity index (χ3n) is 4.67. The zero-order chi connectivity index (χ0) is 13.7. The third kappa shape index (κ3) is 3.50. The molecule has 19 heavy (non-hydrogen) atoms. The number of hydrogen-bond donors (Lipinski definition) is 1. The largest absolute Gasteiger partial charge is 0.497 e. The number of nitrogens with one attached hydrogen (secondary N) is 1. The molecule has 1 aromatic rings. The fourth-order valence-corrected chi connectivity index (χ4v) is 3.48. The first kappa shape index (κ1) is 14.4. The first-order valence-corrected chi connectivity index (χ1v) is 7.57. The molecule has 0 heterocycles. The van der Waals surface area contributed by atoms with Crippen LogP contribution < -0.4 is 10.1 Å². The topological polar surface area (TPSA) is 21.3 Å². The predicted molar refractivity (Wildman–Crippen MR) is 80.8 cm³/mol. The minimum atomic E-state index is 0.682. The molecule has 0 saturated heterocycles. The van der Waals surface area contributed by atoms with E-state index in [1.54, 1.807) is 7.11 Å². The number of hydrogen-bond acceptors (Lipinski definition) is 2. The van der Waals surface area contributed by atoms with Gasteiger partial charge in [-0.05, 0) is 61.9 Å². The third-order valence-corrected chi connectivity index (χ3v) is 4.67. The predicted octanol–water partition coefficient (Wildman–Crippen LogP) is 3.82. The van der Waals surface area contributed by atoms with Crippen LogP contribution in [0, 0.1) is 11.8 Å². The molecule has 0 radical (unpaired) electrons. The fourth-order valence-electron chi connectivity index (χ4n) is 3.48. The van der Waals surface area contributed by atoms with Crippen molar-refractivity contribution in [3.05, 3.63) is 29.8 Å². The molecule has 1 saturated carbocycles. The molecule has 0 bridgehead atoms. The lowest BCUT2D eigenvalue weighted by Crippen LogP contribution is -2.30. The van der Waals surface area contributed by atoms with Gasteiger partial charge in [-0.25, -0.2) is 0 Å². The molecule has 3 atom stereocenters. The fraction of sp³-hybridized carbons (Fsp3) is 0.647. The molecule has 1 N–H and O–H groups in total. The van der Waals surface area contributed by atoms with Crippen LogP contribution in [0.2, 0.25) is 0 Å². The molecule has 1 aliphatic rings. The first-order valence-electron chi connectivity index (χ1n) is 7.57. The summed E-state index contributed by atoms with van der Waals surface area (Å²) in [7, 11) is 3.81. The second-order valence-electron chi connectivity index (χ2n) is 5.79. The molecular weight excluding hydrogens is 234 g/mol. The Morgan fingerprint density at radius 1 is 1.32 bits per heavy atom. The number of benzene rings is 1. The standard InChI is InChI=1S/C17H27NO/c1-4-13-8-9-15(12-18-2)17(10-13)14-6-5-7-16(11-14)19-3/h5-7,11,13,15,17-18H,4,8-10,12H2,1-3H3. The Labute approximate surface area is 117 Å². The van der Waals surface area contributed by atoms with E-state index in [2.05, 4.69) is 37.5 Å². The maximum Gasteiger partial charge on any atom is 0.119 e. The van der Waals surface area contributed by atoms with Crippen molar-refractivity contribution in [3.8, 4) is 5.75 Å². The molecule has 0 spiro atoms. The van der Waals surface area contributed by atoms with E-state index in [-0.39, 0.29) is 0 Å². The Kier molecular flexibility index (Phi) is 5.26. The van der Waals surface area contributed by atoms with E-state index in [1.165, 1.54) is 31.2 Å². The van der Waals surface area contributed by atoms with Crippen LogP contribution in [0.25, 0.3) is 0 Å². The maximum atomic E-state index is 5.38. The van der Waals surface area contributed by atoms with Crippen LogP contribution >= 0.6 is 0 Å². The van der Waals surface area contributed by atoms with Gasteiger partial charge in [-0.3, -0.25) is 0 Å². The van der Waals surface area contributed by atoms with Crippen LogP contribution in [0.5, 0.6) is 5.75 Å². The maximum absolute atomic E-state index is 5.38. The summed E-state index contributed by atoms with van der Waals surface area (Å²) in [5, 5.41) is 3.37.